The molecule has 0 atom stereocenters. The number of hydrogen-bond donors (Lipinski definition) is 1. The van der Waals surface area contributed by atoms with Crippen molar-refractivity contribution >= 4 is 34.8 Å². The van der Waals surface area contributed by atoms with E-state index in [1.165, 1.54) is 24.0 Å². The number of nitrogens with zero attached hydrogens (tertiary/aromatic N) is 4. The Morgan fingerprint density at radius 3 is 2.72 bits per heavy atom. The number of halogens is 5. The van der Waals surface area contributed by atoms with Crippen LogP contribution >= 0.6 is 23.2 Å². The van der Waals surface area contributed by atoms with E-state index >= 15 is 0 Å². The van der Waals surface area contributed by atoms with Crippen molar-refractivity contribution in [2.45, 2.75) is 26.4 Å². The third-order valence-electron chi connectivity index (χ3n) is 3.77. The standard InChI is InChI=1S/C17H14Cl2F3N5O2/c1-10-15(19)16(17(20,21)22)25-27(10)8-14(28)24-12-6-23-26(7-12)9-29-13-4-2-3-11(18)5-13/h2-7H,8-9H2,1H3,(H,24,28). The zero-order valence-corrected chi connectivity index (χ0v) is 16.4. The first-order chi connectivity index (χ1) is 13.6. The Morgan fingerprint density at radius 1 is 1.31 bits per heavy atom. The summed E-state index contributed by atoms with van der Waals surface area (Å²) in [6, 6.07) is 6.81. The Morgan fingerprint density at radius 2 is 2.07 bits per heavy atom. The van der Waals surface area contributed by atoms with Gasteiger partial charge in [-0.05, 0) is 25.1 Å². The summed E-state index contributed by atoms with van der Waals surface area (Å²) < 4.78 is 46.4. The summed E-state index contributed by atoms with van der Waals surface area (Å²) in [4.78, 5) is 12.2. The molecule has 29 heavy (non-hydrogen) atoms. The molecule has 0 radical (unpaired) electrons. The van der Waals surface area contributed by atoms with Crippen molar-refractivity contribution < 1.29 is 22.7 Å². The summed E-state index contributed by atoms with van der Waals surface area (Å²) in [5.41, 5.74) is -0.841. The lowest BCUT2D eigenvalue weighted by molar-refractivity contribution is -0.141. The van der Waals surface area contributed by atoms with E-state index in [0.29, 0.717) is 16.5 Å². The molecule has 12 heteroatoms. The van der Waals surface area contributed by atoms with Crippen LogP contribution < -0.4 is 10.1 Å². The lowest BCUT2D eigenvalue weighted by atomic mass is 10.3. The second-order valence-corrected chi connectivity index (χ2v) is 6.77. The minimum Gasteiger partial charge on any atom is -0.471 e. The molecule has 1 N–H and O–H groups in total. The first-order valence-electron chi connectivity index (χ1n) is 8.14. The van der Waals surface area contributed by atoms with Crippen molar-refractivity contribution in [1.29, 1.82) is 0 Å². The van der Waals surface area contributed by atoms with Crippen molar-refractivity contribution in [2.75, 3.05) is 5.32 Å². The summed E-state index contributed by atoms with van der Waals surface area (Å²) in [5, 5.41) is 9.94. The number of carbonyl (C=O) groups excluding carboxylic acids is 1. The number of nitrogens with one attached hydrogen (secondary N) is 1. The van der Waals surface area contributed by atoms with Gasteiger partial charge in [-0.25, -0.2) is 4.68 Å². The van der Waals surface area contributed by atoms with E-state index in [1.54, 1.807) is 24.3 Å². The van der Waals surface area contributed by atoms with Crippen LogP contribution in [-0.2, 0) is 24.2 Å². The van der Waals surface area contributed by atoms with E-state index in [0.717, 1.165) is 4.68 Å². The molecule has 154 valence electrons. The van der Waals surface area contributed by atoms with Crippen molar-refractivity contribution in [2.24, 2.45) is 0 Å². The zero-order valence-electron chi connectivity index (χ0n) is 14.9. The Kier molecular flexibility index (Phi) is 6.04. The second-order valence-electron chi connectivity index (χ2n) is 5.95. The van der Waals surface area contributed by atoms with Crippen LogP contribution in [-0.4, -0.2) is 25.5 Å². The summed E-state index contributed by atoms with van der Waals surface area (Å²) in [6.45, 7) is 0.980. The molecule has 0 aliphatic carbocycles. The summed E-state index contributed by atoms with van der Waals surface area (Å²) in [6.07, 6.45) is -1.82. The number of aromatic nitrogens is 4. The highest BCUT2D eigenvalue weighted by Gasteiger charge is 2.38. The fourth-order valence-electron chi connectivity index (χ4n) is 2.39. The van der Waals surface area contributed by atoms with Gasteiger partial charge in [0.15, 0.2) is 12.4 Å². The highest BCUT2D eigenvalue weighted by molar-refractivity contribution is 6.32. The van der Waals surface area contributed by atoms with Crippen molar-refractivity contribution in [3.05, 3.63) is 58.1 Å². The van der Waals surface area contributed by atoms with Crippen LogP contribution in [0.3, 0.4) is 0 Å². The molecule has 0 saturated carbocycles. The Bertz CT molecular complexity index is 1030. The molecule has 3 aromatic rings. The molecular formula is C17H14Cl2F3N5O2. The molecule has 0 unspecified atom stereocenters. The molecule has 1 aromatic carbocycles. The molecule has 0 spiro atoms. The zero-order chi connectivity index (χ0) is 21.2. The third-order valence-corrected chi connectivity index (χ3v) is 4.46. The fourth-order valence-corrected chi connectivity index (χ4v) is 2.81. The van der Waals surface area contributed by atoms with Gasteiger partial charge in [0.1, 0.15) is 12.3 Å². The van der Waals surface area contributed by atoms with Crippen molar-refractivity contribution in [3.8, 4) is 5.75 Å². The SMILES string of the molecule is Cc1c(Cl)c(C(F)(F)F)nn1CC(=O)Nc1cnn(COc2cccc(Cl)c2)c1. The molecule has 0 bridgehead atoms. The molecule has 2 aromatic heterocycles. The van der Waals surface area contributed by atoms with Gasteiger partial charge in [0.25, 0.3) is 0 Å². The highest BCUT2D eigenvalue weighted by Crippen LogP contribution is 2.35. The average Bonchev–Trinajstić information content (AvgIpc) is 3.19. The van der Waals surface area contributed by atoms with Gasteiger partial charge in [-0.15, -0.1) is 0 Å². The summed E-state index contributed by atoms with van der Waals surface area (Å²) in [7, 11) is 0. The van der Waals surface area contributed by atoms with Gasteiger partial charge < -0.3 is 10.1 Å². The lowest BCUT2D eigenvalue weighted by Crippen LogP contribution is -2.20. The maximum Gasteiger partial charge on any atom is 0.436 e. The lowest BCUT2D eigenvalue weighted by Gasteiger charge is -2.06. The Labute approximate surface area is 173 Å². The van der Waals surface area contributed by atoms with E-state index in [4.69, 9.17) is 27.9 Å². The molecule has 3 rings (SSSR count). The molecule has 1 amide bonds. The topological polar surface area (TPSA) is 74.0 Å². The summed E-state index contributed by atoms with van der Waals surface area (Å²) in [5.74, 6) is -0.0404. The van der Waals surface area contributed by atoms with E-state index in [-0.39, 0.29) is 12.4 Å². The number of amides is 1. The molecule has 7 nitrogen and oxygen atoms in total. The molecule has 0 aliphatic heterocycles. The quantitative estimate of drug-likeness (QED) is 0.607. The molecule has 2 heterocycles. The highest BCUT2D eigenvalue weighted by atomic mass is 35.5. The molecule has 0 fully saturated rings. The largest absolute Gasteiger partial charge is 0.471 e. The first-order valence-corrected chi connectivity index (χ1v) is 8.90. The monoisotopic (exact) mass is 447 g/mol. The molecular weight excluding hydrogens is 434 g/mol. The van der Waals surface area contributed by atoms with E-state index in [1.807, 2.05) is 0 Å². The fraction of sp³-hybridized carbons (Fsp3) is 0.235. The van der Waals surface area contributed by atoms with Crippen LogP contribution in [0.5, 0.6) is 5.75 Å². The number of carbonyl (C=O) groups is 1. The van der Waals surface area contributed by atoms with Gasteiger partial charge in [0, 0.05) is 5.02 Å². The van der Waals surface area contributed by atoms with Crippen LogP contribution in [0.1, 0.15) is 11.4 Å². The van der Waals surface area contributed by atoms with Gasteiger partial charge >= 0.3 is 6.18 Å². The van der Waals surface area contributed by atoms with Gasteiger partial charge in [-0.3, -0.25) is 9.48 Å². The van der Waals surface area contributed by atoms with Crippen LogP contribution in [0.25, 0.3) is 0 Å². The molecule has 0 aliphatic rings. The van der Waals surface area contributed by atoms with Gasteiger partial charge in [0.05, 0.1) is 28.8 Å². The normalized spacial score (nSPS) is 11.5. The van der Waals surface area contributed by atoms with Crippen molar-refractivity contribution in [1.82, 2.24) is 19.6 Å². The van der Waals surface area contributed by atoms with Gasteiger partial charge in [-0.2, -0.15) is 23.4 Å². The van der Waals surface area contributed by atoms with Gasteiger partial charge in [-0.1, -0.05) is 29.3 Å². The van der Waals surface area contributed by atoms with E-state index in [9.17, 15) is 18.0 Å². The van der Waals surface area contributed by atoms with E-state index < -0.39 is 29.3 Å². The first kappa shape index (κ1) is 21.0. The smallest absolute Gasteiger partial charge is 0.436 e. The Hall–Kier alpha value is -2.72. The predicted octanol–water partition coefficient (Wildman–Crippen LogP) is 4.39. The van der Waals surface area contributed by atoms with Crippen LogP contribution in [0.4, 0.5) is 18.9 Å². The van der Waals surface area contributed by atoms with Gasteiger partial charge in [0.2, 0.25) is 5.91 Å². The Balaban J connectivity index is 1.59. The number of ether oxygens (including phenoxy) is 1. The minimum atomic E-state index is -4.70. The minimum absolute atomic E-state index is 0.0414. The van der Waals surface area contributed by atoms with E-state index in [2.05, 4.69) is 15.5 Å². The predicted molar refractivity (Wildman–Crippen MR) is 99.9 cm³/mol. The average molecular weight is 448 g/mol. The third kappa shape index (κ3) is 5.21. The number of benzene rings is 1. The maximum atomic E-state index is 12.9. The number of hydrogen-bond acceptors (Lipinski definition) is 4. The maximum absolute atomic E-state index is 12.9. The number of anilines is 1. The summed E-state index contributed by atoms with van der Waals surface area (Å²) >= 11 is 11.5. The van der Waals surface area contributed by atoms with Crippen LogP contribution in [0.15, 0.2) is 36.7 Å². The van der Waals surface area contributed by atoms with Crippen LogP contribution in [0, 0.1) is 6.92 Å². The number of rotatable bonds is 6. The number of alkyl halides is 3. The second kappa shape index (κ2) is 8.34. The van der Waals surface area contributed by atoms with Crippen LogP contribution in [0.2, 0.25) is 10.0 Å². The molecule has 0 saturated heterocycles. The van der Waals surface area contributed by atoms with Crippen molar-refractivity contribution in [3.63, 3.8) is 0 Å².